The molecule has 0 fully saturated rings. The molecule has 0 heterocycles. The van der Waals surface area contributed by atoms with E-state index >= 15 is 0 Å². The van der Waals surface area contributed by atoms with Crippen LogP contribution in [0.3, 0.4) is 0 Å². The number of benzene rings is 1. The molecule has 0 atom stereocenters. The summed E-state index contributed by atoms with van der Waals surface area (Å²) in [4.78, 5) is 23.9. The summed E-state index contributed by atoms with van der Waals surface area (Å²) in [5.74, 6) is -0.491. The highest BCUT2D eigenvalue weighted by molar-refractivity contribution is 5.94. The van der Waals surface area contributed by atoms with Crippen LogP contribution in [0, 0.1) is 0 Å². The first-order valence-electron chi connectivity index (χ1n) is 5.55. The summed E-state index contributed by atoms with van der Waals surface area (Å²) in [6.07, 6.45) is 0.354. The minimum absolute atomic E-state index is 0.0205. The van der Waals surface area contributed by atoms with Gasteiger partial charge in [0.2, 0.25) is 11.8 Å². The predicted molar refractivity (Wildman–Crippen MR) is 71.2 cm³/mol. The first kappa shape index (κ1) is 13.8. The molecule has 0 saturated carbocycles. The quantitative estimate of drug-likeness (QED) is 0.652. The molecule has 5 N–H and O–H groups in total. The minimum atomic E-state index is -0.512. The Morgan fingerprint density at radius 2 is 2.00 bits per heavy atom. The van der Waals surface area contributed by atoms with Gasteiger partial charge >= 0.3 is 0 Å². The summed E-state index contributed by atoms with van der Waals surface area (Å²) in [5, 5.41) is 3.01. The summed E-state index contributed by atoms with van der Waals surface area (Å²) < 4.78 is 0. The van der Waals surface area contributed by atoms with Crippen molar-refractivity contribution < 1.29 is 9.59 Å². The highest BCUT2D eigenvalue weighted by Gasteiger charge is 2.07. The molecule has 0 unspecified atom stereocenters. The number of nitrogens with zero attached hydrogens (tertiary/aromatic N) is 1. The van der Waals surface area contributed by atoms with E-state index < -0.39 is 5.91 Å². The molecule has 0 radical (unpaired) electrons. The molecule has 0 bridgehead atoms. The lowest BCUT2D eigenvalue weighted by Crippen LogP contribution is -2.24. The van der Waals surface area contributed by atoms with Gasteiger partial charge in [0.05, 0.1) is 11.4 Å². The van der Waals surface area contributed by atoms with Crippen LogP contribution in [-0.2, 0) is 4.79 Å². The third kappa shape index (κ3) is 3.65. The molecule has 6 heteroatoms. The Morgan fingerprint density at radius 1 is 1.33 bits per heavy atom. The Balaban J connectivity index is 2.64. The molecule has 0 aliphatic heterocycles. The van der Waals surface area contributed by atoms with Crippen LogP contribution in [0.15, 0.2) is 18.2 Å². The lowest BCUT2D eigenvalue weighted by Gasteiger charge is -2.12. The van der Waals surface area contributed by atoms with Crippen LogP contribution < -0.4 is 16.8 Å². The number of nitrogen functional groups attached to an aromatic ring is 1. The SMILES string of the molecule is CN(C)C(=O)CCNc1cc(C(N)=O)ccc1N. The third-order valence-corrected chi connectivity index (χ3v) is 2.49. The topological polar surface area (TPSA) is 101 Å². The van der Waals surface area contributed by atoms with Crippen molar-refractivity contribution in [2.75, 3.05) is 31.7 Å². The van der Waals surface area contributed by atoms with E-state index in [2.05, 4.69) is 5.32 Å². The van der Waals surface area contributed by atoms with Gasteiger partial charge in [-0.3, -0.25) is 9.59 Å². The second kappa shape index (κ2) is 5.90. The van der Waals surface area contributed by atoms with Crippen molar-refractivity contribution in [3.8, 4) is 0 Å². The molecule has 1 rings (SSSR count). The highest BCUT2D eigenvalue weighted by atomic mass is 16.2. The maximum absolute atomic E-state index is 11.4. The van der Waals surface area contributed by atoms with E-state index in [1.165, 1.54) is 4.90 Å². The van der Waals surface area contributed by atoms with Crippen LogP contribution >= 0.6 is 0 Å². The van der Waals surface area contributed by atoms with Gasteiger partial charge in [0.1, 0.15) is 0 Å². The maximum atomic E-state index is 11.4. The van der Waals surface area contributed by atoms with Crippen molar-refractivity contribution in [3.63, 3.8) is 0 Å². The molecule has 0 aliphatic carbocycles. The molecule has 6 nitrogen and oxygen atoms in total. The zero-order valence-corrected chi connectivity index (χ0v) is 10.6. The van der Waals surface area contributed by atoms with Crippen molar-refractivity contribution >= 4 is 23.2 Å². The molecule has 0 aliphatic rings. The lowest BCUT2D eigenvalue weighted by atomic mass is 10.1. The predicted octanol–water partition coefficient (Wildman–Crippen LogP) is 0.258. The smallest absolute Gasteiger partial charge is 0.248 e. The molecule has 2 amide bonds. The number of hydrogen-bond acceptors (Lipinski definition) is 4. The Bertz CT molecular complexity index is 457. The van der Waals surface area contributed by atoms with Crippen molar-refractivity contribution in [1.29, 1.82) is 0 Å². The largest absolute Gasteiger partial charge is 0.397 e. The summed E-state index contributed by atoms with van der Waals surface area (Å²) in [6, 6.07) is 4.75. The molecule has 0 spiro atoms. The standard InChI is InChI=1S/C12H18N4O2/c1-16(2)11(17)5-6-15-10-7-8(12(14)18)3-4-9(10)13/h3-4,7,15H,5-6,13H2,1-2H3,(H2,14,18). The van der Waals surface area contributed by atoms with Gasteiger partial charge in [-0.2, -0.15) is 0 Å². The van der Waals surface area contributed by atoms with Crippen LogP contribution in [0.2, 0.25) is 0 Å². The number of carbonyl (C=O) groups is 2. The Kier molecular flexibility index (Phi) is 4.53. The minimum Gasteiger partial charge on any atom is -0.397 e. The van der Waals surface area contributed by atoms with Crippen LogP contribution in [0.5, 0.6) is 0 Å². The van der Waals surface area contributed by atoms with Crippen LogP contribution in [-0.4, -0.2) is 37.4 Å². The zero-order valence-electron chi connectivity index (χ0n) is 10.6. The van der Waals surface area contributed by atoms with E-state index in [0.717, 1.165) is 0 Å². The number of hydrogen-bond donors (Lipinski definition) is 3. The van der Waals surface area contributed by atoms with Gasteiger partial charge < -0.3 is 21.7 Å². The van der Waals surface area contributed by atoms with E-state index in [1.807, 2.05) is 0 Å². The molecule has 1 aromatic rings. The van der Waals surface area contributed by atoms with E-state index in [-0.39, 0.29) is 5.91 Å². The highest BCUT2D eigenvalue weighted by Crippen LogP contribution is 2.19. The number of primary amides is 1. The van der Waals surface area contributed by atoms with Gasteiger partial charge in [-0.05, 0) is 18.2 Å². The van der Waals surface area contributed by atoms with Crippen LogP contribution in [0.1, 0.15) is 16.8 Å². The average Bonchev–Trinajstić information content (AvgIpc) is 2.30. The molecule has 0 saturated heterocycles. The van der Waals surface area contributed by atoms with Crippen molar-refractivity contribution in [3.05, 3.63) is 23.8 Å². The summed E-state index contributed by atoms with van der Waals surface area (Å²) in [7, 11) is 3.40. The van der Waals surface area contributed by atoms with Gasteiger partial charge in [0, 0.05) is 32.6 Å². The summed E-state index contributed by atoms with van der Waals surface area (Å²) in [6.45, 7) is 0.448. The fourth-order valence-electron chi connectivity index (χ4n) is 1.39. The first-order valence-corrected chi connectivity index (χ1v) is 5.55. The van der Waals surface area contributed by atoms with Gasteiger partial charge in [-0.1, -0.05) is 0 Å². The van der Waals surface area contributed by atoms with E-state index in [1.54, 1.807) is 32.3 Å². The number of amides is 2. The molecule has 18 heavy (non-hydrogen) atoms. The maximum Gasteiger partial charge on any atom is 0.248 e. The molecule has 98 valence electrons. The van der Waals surface area contributed by atoms with Gasteiger partial charge in [-0.25, -0.2) is 0 Å². The Morgan fingerprint density at radius 3 is 2.56 bits per heavy atom. The van der Waals surface area contributed by atoms with Crippen LogP contribution in [0.25, 0.3) is 0 Å². The van der Waals surface area contributed by atoms with Crippen molar-refractivity contribution in [2.45, 2.75) is 6.42 Å². The molecular formula is C12H18N4O2. The number of carbonyl (C=O) groups excluding carboxylic acids is 2. The zero-order chi connectivity index (χ0) is 13.7. The third-order valence-electron chi connectivity index (χ3n) is 2.49. The molecule has 1 aromatic carbocycles. The number of anilines is 2. The molecular weight excluding hydrogens is 232 g/mol. The van der Waals surface area contributed by atoms with Crippen LogP contribution in [0.4, 0.5) is 11.4 Å². The van der Waals surface area contributed by atoms with Crippen molar-refractivity contribution in [1.82, 2.24) is 4.90 Å². The number of nitrogens with one attached hydrogen (secondary N) is 1. The van der Waals surface area contributed by atoms with E-state index in [9.17, 15) is 9.59 Å². The lowest BCUT2D eigenvalue weighted by molar-refractivity contribution is -0.128. The van der Waals surface area contributed by atoms with E-state index in [0.29, 0.717) is 29.9 Å². The van der Waals surface area contributed by atoms with Gasteiger partial charge in [0.15, 0.2) is 0 Å². The molecule has 0 aromatic heterocycles. The number of nitrogens with two attached hydrogens (primary N) is 2. The number of rotatable bonds is 5. The summed E-state index contributed by atoms with van der Waals surface area (Å²) >= 11 is 0. The van der Waals surface area contributed by atoms with Gasteiger partial charge in [0.25, 0.3) is 0 Å². The van der Waals surface area contributed by atoms with Gasteiger partial charge in [-0.15, -0.1) is 0 Å². The Hall–Kier alpha value is -2.24. The first-order chi connectivity index (χ1) is 8.41. The van der Waals surface area contributed by atoms with E-state index in [4.69, 9.17) is 11.5 Å². The monoisotopic (exact) mass is 250 g/mol. The average molecular weight is 250 g/mol. The summed E-state index contributed by atoms with van der Waals surface area (Å²) in [5.41, 5.74) is 12.4. The fraction of sp³-hybridized carbons (Fsp3) is 0.333. The van der Waals surface area contributed by atoms with Crippen molar-refractivity contribution in [2.24, 2.45) is 5.73 Å². The second-order valence-electron chi connectivity index (χ2n) is 4.13. The normalized spacial score (nSPS) is 9.89. The fourth-order valence-corrected chi connectivity index (χ4v) is 1.39. The second-order valence-corrected chi connectivity index (χ2v) is 4.13. The Labute approximate surface area is 106 Å².